The Morgan fingerprint density at radius 2 is 1.88 bits per heavy atom. The van der Waals surface area contributed by atoms with Crippen molar-refractivity contribution >= 4 is 28.5 Å². The molecule has 5 heteroatoms. The van der Waals surface area contributed by atoms with Crippen molar-refractivity contribution in [1.29, 1.82) is 0 Å². The zero-order valence-corrected chi connectivity index (χ0v) is 14.8. The van der Waals surface area contributed by atoms with Crippen molar-refractivity contribution in [1.82, 2.24) is 4.98 Å². The first kappa shape index (κ1) is 16.4. The Bertz CT molecular complexity index is 1020. The summed E-state index contributed by atoms with van der Waals surface area (Å²) >= 11 is 0. The Morgan fingerprint density at radius 3 is 2.62 bits per heavy atom. The van der Waals surface area contributed by atoms with E-state index in [0.29, 0.717) is 11.3 Å². The number of fused-ring (bicyclic) bond motifs is 1. The number of hydrogen-bond acceptors (Lipinski definition) is 3. The third kappa shape index (κ3) is 2.56. The molecule has 0 aliphatic heterocycles. The van der Waals surface area contributed by atoms with E-state index in [2.05, 4.69) is 16.4 Å². The van der Waals surface area contributed by atoms with Gasteiger partial charge in [0, 0.05) is 22.3 Å². The minimum absolute atomic E-state index is 0.0348. The van der Waals surface area contributed by atoms with Crippen LogP contribution < -0.4 is 5.32 Å². The van der Waals surface area contributed by atoms with Gasteiger partial charge in [0.1, 0.15) is 0 Å². The summed E-state index contributed by atoms with van der Waals surface area (Å²) in [6.45, 7) is 2.01. The van der Waals surface area contributed by atoms with E-state index in [9.17, 15) is 9.59 Å². The normalized spacial score (nSPS) is 14.8. The number of aromatic nitrogens is 1. The number of carbonyl (C=O) groups is 2. The van der Waals surface area contributed by atoms with Gasteiger partial charge in [-0.1, -0.05) is 24.3 Å². The lowest BCUT2D eigenvalue weighted by Crippen LogP contribution is -2.28. The first-order valence-corrected chi connectivity index (χ1v) is 8.63. The second-order valence-corrected chi connectivity index (χ2v) is 6.78. The van der Waals surface area contributed by atoms with E-state index < -0.39 is 11.4 Å². The predicted molar refractivity (Wildman–Crippen MR) is 100 cm³/mol. The molecule has 3 aromatic rings. The van der Waals surface area contributed by atoms with Gasteiger partial charge in [-0.3, -0.25) is 4.79 Å². The van der Waals surface area contributed by atoms with Crippen LogP contribution in [0.3, 0.4) is 0 Å². The summed E-state index contributed by atoms with van der Waals surface area (Å²) in [7, 11) is 1.34. The van der Waals surface area contributed by atoms with Crippen LogP contribution in [-0.2, 0) is 14.9 Å². The van der Waals surface area contributed by atoms with Crippen molar-refractivity contribution in [3.05, 3.63) is 65.4 Å². The van der Waals surface area contributed by atoms with Gasteiger partial charge in [0.2, 0.25) is 5.91 Å². The van der Waals surface area contributed by atoms with Gasteiger partial charge in [-0.2, -0.15) is 0 Å². The standard InChI is InChI=1S/C21H20N2O3/c1-13-18(16-8-3-4-9-17(16)22-13)21(10-11-21)20(25)23-15-7-5-6-14(12-15)19(24)26-2/h3-9,12,22H,10-11H2,1-2H3,(H,23,25). The number of anilines is 1. The lowest BCUT2D eigenvalue weighted by atomic mass is 9.92. The Morgan fingerprint density at radius 1 is 1.12 bits per heavy atom. The third-order valence-corrected chi connectivity index (χ3v) is 5.10. The monoisotopic (exact) mass is 348 g/mol. The molecule has 26 heavy (non-hydrogen) atoms. The van der Waals surface area contributed by atoms with Gasteiger partial charge >= 0.3 is 5.97 Å². The molecule has 4 rings (SSSR count). The molecule has 0 spiro atoms. The van der Waals surface area contributed by atoms with E-state index in [-0.39, 0.29) is 5.91 Å². The smallest absolute Gasteiger partial charge is 0.337 e. The number of aryl methyl sites for hydroxylation is 1. The van der Waals surface area contributed by atoms with Gasteiger partial charge in [-0.05, 0) is 49.6 Å². The second kappa shape index (κ2) is 6.02. The highest BCUT2D eigenvalue weighted by atomic mass is 16.5. The van der Waals surface area contributed by atoms with Crippen molar-refractivity contribution in [2.75, 3.05) is 12.4 Å². The highest BCUT2D eigenvalue weighted by Gasteiger charge is 2.53. The lowest BCUT2D eigenvalue weighted by molar-refractivity contribution is -0.118. The lowest BCUT2D eigenvalue weighted by Gasteiger charge is -2.17. The molecule has 1 aliphatic rings. The van der Waals surface area contributed by atoms with Crippen molar-refractivity contribution in [3.63, 3.8) is 0 Å². The van der Waals surface area contributed by atoms with Gasteiger partial charge in [0.25, 0.3) is 0 Å². The van der Waals surface area contributed by atoms with Crippen LogP contribution in [0.15, 0.2) is 48.5 Å². The van der Waals surface area contributed by atoms with Crippen molar-refractivity contribution in [2.24, 2.45) is 0 Å². The number of para-hydroxylation sites is 1. The van der Waals surface area contributed by atoms with Gasteiger partial charge in [-0.15, -0.1) is 0 Å². The van der Waals surface area contributed by atoms with Crippen LogP contribution in [0.5, 0.6) is 0 Å². The summed E-state index contributed by atoms with van der Waals surface area (Å²) in [6.07, 6.45) is 1.64. The van der Waals surface area contributed by atoms with Crippen LogP contribution in [-0.4, -0.2) is 24.0 Å². The number of benzene rings is 2. The number of amides is 1. The molecule has 0 bridgehead atoms. The molecule has 0 saturated heterocycles. The molecule has 0 atom stereocenters. The summed E-state index contributed by atoms with van der Waals surface area (Å²) in [5.41, 5.74) is 3.66. The topological polar surface area (TPSA) is 71.2 Å². The number of H-pyrrole nitrogens is 1. The number of ether oxygens (including phenoxy) is 1. The van der Waals surface area contributed by atoms with Crippen LogP contribution >= 0.6 is 0 Å². The Hall–Kier alpha value is -3.08. The maximum Gasteiger partial charge on any atom is 0.337 e. The first-order valence-electron chi connectivity index (χ1n) is 8.63. The molecule has 1 aliphatic carbocycles. The maximum absolute atomic E-state index is 13.1. The Balaban J connectivity index is 1.66. The number of esters is 1. The third-order valence-electron chi connectivity index (χ3n) is 5.10. The quantitative estimate of drug-likeness (QED) is 0.702. The average Bonchev–Trinajstić information content (AvgIpc) is 3.38. The maximum atomic E-state index is 13.1. The van der Waals surface area contributed by atoms with Crippen LogP contribution in [0, 0.1) is 6.92 Å². The van der Waals surface area contributed by atoms with E-state index in [0.717, 1.165) is 35.0 Å². The highest BCUT2D eigenvalue weighted by Crippen LogP contribution is 2.52. The van der Waals surface area contributed by atoms with Crippen LogP contribution in [0.25, 0.3) is 10.9 Å². The fraction of sp³-hybridized carbons (Fsp3) is 0.238. The van der Waals surface area contributed by atoms with Crippen LogP contribution in [0.2, 0.25) is 0 Å². The predicted octanol–water partition coefficient (Wildman–Crippen LogP) is 3.93. The number of hydrogen-bond donors (Lipinski definition) is 2. The fourth-order valence-corrected chi connectivity index (χ4v) is 3.70. The van der Waals surface area contributed by atoms with Gasteiger partial charge in [0.15, 0.2) is 0 Å². The van der Waals surface area contributed by atoms with Gasteiger partial charge < -0.3 is 15.0 Å². The first-order chi connectivity index (χ1) is 12.5. The molecule has 1 fully saturated rings. The molecule has 1 amide bonds. The summed E-state index contributed by atoms with van der Waals surface area (Å²) in [6, 6.07) is 14.9. The number of aromatic amines is 1. The van der Waals surface area contributed by atoms with E-state index in [1.807, 2.05) is 25.1 Å². The van der Waals surface area contributed by atoms with Gasteiger partial charge in [-0.25, -0.2) is 4.79 Å². The highest BCUT2D eigenvalue weighted by molar-refractivity contribution is 6.05. The van der Waals surface area contributed by atoms with Gasteiger partial charge in [0.05, 0.1) is 18.1 Å². The molecule has 1 heterocycles. The molecular formula is C21H20N2O3. The summed E-state index contributed by atoms with van der Waals surface area (Å²) in [5, 5.41) is 4.08. The molecule has 2 aromatic carbocycles. The molecule has 0 radical (unpaired) electrons. The number of carbonyl (C=O) groups excluding carboxylic acids is 2. The molecule has 2 N–H and O–H groups in total. The molecule has 132 valence electrons. The average molecular weight is 348 g/mol. The molecule has 5 nitrogen and oxygen atoms in total. The Kier molecular flexibility index (Phi) is 3.80. The summed E-state index contributed by atoms with van der Waals surface area (Å²) in [5.74, 6) is -0.456. The number of methoxy groups -OCH3 is 1. The molecular weight excluding hydrogens is 328 g/mol. The Labute approximate surface area is 151 Å². The number of rotatable bonds is 4. The molecule has 1 saturated carbocycles. The van der Waals surface area contributed by atoms with E-state index >= 15 is 0 Å². The SMILES string of the molecule is COC(=O)c1cccc(NC(=O)C2(c3c(C)[nH]c4ccccc34)CC2)c1. The molecule has 0 unspecified atom stereocenters. The van der Waals surface area contributed by atoms with Crippen molar-refractivity contribution in [3.8, 4) is 0 Å². The summed E-state index contributed by atoms with van der Waals surface area (Å²) in [4.78, 5) is 28.2. The number of nitrogens with one attached hydrogen (secondary N) is 2. The van der Waals surface area contributed by atoms with E-state index in [1.54, 1.807) is 24.3 Å². The van der Waals surface area contributed by atoms with Crippen molar-refractivity contribution in [2.45, 2.75) is 25.2 Å². The summed E-state index contributed by atoms with van der Waals surface area (Å²) < 4.78 is 4.74. The second-order valence-electron chi connectivity index (χ2n) is 6.78. The minimum atomic E-state index is -0.509. The van der Waals surface area contributed by atoms with E-state index in [1.165, 1.54) is 7.11 Å². The zero-order valence-electron chi connectivity index (χ0n) is 14.8. The minimum Gasteiger partial charge on any atom is -0.465 e. The largest absolute Gasteiger partial charge is 0.465 e. The molecule has 1 aromatic heterocycles. The van der Waals surface area contributed by atoms with Crippen LogP contribution in [0.1, 0.15) is 34.5 Å². The zero-order chi connectivity index (χ0) is 18.3. The van der Waals surface area contributed by atoms with Crippen LogP contribution in [0.4, 0.5) is 5.69 Å². The van der Waals surface area contributed by atoms with Crippen molar-refractivity contribution < 1.29 is 14.3 Å². The fourth-order valence-electron chi connectivity index (χ4n) is 3.70. The van der Waals surface area contributed by atoms with E-state index in [4.69, 9.17) is 4.74 Å².